The van der Waals surface area contributed by atoms with Crippen molar-refractivity contribution in [3.05, 3.63) is 24.3 Å². The maximum Gasteiger partial charge on any atom is 0.161 e. The molecule has 120 valence electrons. The average Bonchev–Trinajstić information content (AvgIpc) is 2.51. The molecule has 0 spiro atoms. The molecule has 0 amide bonds. The summed E-state index contributed by atoms with van der Waals surface area (Å²) in [4.78, 5) is 0. The van der Waals surface area contributed by atoms with Gasteiger partial charge in [0.2, 0.25) is 0 Å². The Morgan fingerprint density at radius 1 is 1.10 bits per heavy atom. The van der Waals surface area contributed by atoms with Crippen LogP contribution in [0.2, 0.25) is 0 Å². The van der Waals surface area contributed by atoms with Gasteiger partial charge < -0.3 is 29.4 Å². The van der Waals surface area contributed by atoms with Crippen molar-refractivity contribution in [1.82, 2.24) is 5.32 Å². The molecule has 0 radical (unpaired) electrons. The number of ether oxygens (including phenoxy) is 4. The van der Waals surface area contributed by atoms with Crippen LogP contribution in [-0.2, 0) is 9.47 Å². The van der Waals surface area contributed by atoms with Gasteiger partial charge in [-0.15, -0.1) is 0 Å². The molecule has 1 aromatic carbocycles. The third-order valence-electron chi connectivity index (χ3n) is 2.73. The van der Waals surface area contributed by atoms with Crippen LogP contribution in [0, 0.1) is 0 Å². The molecule has 0 aliphatic heterocycles. The second-order valence-corrected chi connectivity index (χ2v) is 4.42. The fraction of sp³-hybridized carbons (Fsp3) is 0.600. The molecule has 1 atom stereocenters. The highest BCUT2D eigenvalue weighted by atomic mass is 16.5. The van der Waals surface area contributed by atoms with Crippen LogP contribution in [0.3, 0.4) is 0 Å². The molecule has 2 N–H and O–H groups in total. The van der Waals surface area contributed by atoms with E-state index in [1.807, 2.05) is 24.3 Å². The molecule has 1 rings (SSSR count). The van der Waals surface area contributed by atoms with Crippen LogP contribution in [-0.4, -0.2) is 64.9 Å². The SMILES string of the molecule is COCCOC[C@@H](O)CNCCOc1ccccc1OC. The van der Waals surface area contributed by atoms with Crippen molar-refractivity contribution in [2.45, 2.75) is 6.10 Å². The van der Waals surface area contributed by atoms with Crippen LogP contribution >= 0.6 is 0 Å². The van der Waals surface area contributed by atoms with Crippen molar-refractivity contribution in [3.63, 3.8) is 0 Å². The summed E-state index contributed by atoms with van der Waals surface area (Å²) < 4.78 is 20.9. The number of aliphatic hydroxyl groups excluding tert-OH is 1. The van der Waals surface area contributed by atoms with Gasteiger partial charge in [-0.25, -0.2) is 0 Å². The monoisotopic (exact) mass is 299 g/mol. The summed E-state index contributed by atoms with van der Waals surface area (Å²) in [5, 5.41) is 12.8. The van der Waals surface area contributed by atoms with Gasteiger partial charge in [0.05, 0.1) is 33.0 Å². The summed E-state index contributed by atoms with van der Waals surface area (Å²) in [6.45, 7) is 2.91. The molecule has 21 heavy (non-hydrogen) atoms. The van der Waals surface area contributed by atoms with Gasteiger partial charge in [0, 0.05) is 20.2 Å². The minimum absolute atomic E-state index is 0.295. The lowest BCUT2D eigenvalue weighted by molar-refractivity contribution is 0.0136. The van der Waals surface area contributed by atoms with Crippen molar-refractivity contribution in [2.24, 2.45) is 0 Å². The van der Waals surface area contributed by atoms with Gasteiger partial charge in [0.1, 0.15) is 6.61 Å². The Balaban J connectivity index is 2.06. The van der Waals surface area contributed by atoms with Gasteiger partial charge in [-0.1, -0.05) is 12.1 Å². The van der Waals surface area contributed by atoms with E-state index in [9.17, 15) is 5.11 Å². The van der Waals surface area contributed by atoms with Crippen molar-refractivity contribution in [2.75, 3.05) is 53.7 Å². The molecule has 0 heterocycles. The molecule has 0 aliphatic rings. The zero-order valence-corrected chi connectivity index (χ0v) is 12.7. The van der Waals surface area contributed by atoms with Crippen LogP contribution in [0.1, 0.15) is 0 Å². The van der Waals surface area contributed by atoms with Crippen molar-refractivity contribution in [1.29, 1.82) is 0 Å². The Morgan fingerprint density at radius 3 is 2.57 bits per heavy atom. The van der Waals surface area contributed by atoms with Gasteiger partial charge in [0.15, 0.2) is 11.5 Å². The molecule has 0 unspecified atom stereocenters. The van der Waals surface area contributed by atoms with E-state index < -0.39 is 6.10 Å². The van der Waals surface area contributed by atoms with E-state index in [4.69, 9.17) is 18.9 Å². The molecule has 0 fully saturated rings. The predicted molar refractivity (Wildman–Crippen MR) is 80.1 cm³/mol. The van der Waals surface area contributed by atoms with E-state index in [0.29, 0.717) is 51.0 Å². The Morgan fingerprint density at radius 2 is 1.86 bits per heavy atom. The number of para-hydroxylation sites is 2. The molecule has 1 aromatic rings. The molecule has 0 aliphatic carbocycles. The molecule has 0 saturated carbocycles. The van der Waals surface area contributed by atoms with E-state index in [1.165, 1.54) is 0 Å². The number of benzene rings is 1. The fourth-order valence-corrected chi connectivity index (χ4v) is 1.66. The van der Waals surface area contributed by atoms with Gasteiger partial charge in [0.25, 0.3) is 0 Å². The van der Waals surface area contributed by atoms with Gasteiger partial charge in [-0.3, -0.25) is 0 Å². The number of nitrogens with one attached hydrogen (secondary N) is 1. The highest BCUT2D eigenvalue weighted by molar-refractivity contribution is 5.39. The smallest absolute Gasteiger partial charge is 0.161 e. The number of rotatable bonds is 12. The van der Waals surface area contributed by atoms with Crippen molar-refractivity contribution in [3.8, 4) is 11.5 Å². The predicted octanol–water partition coefficient (Wildman–Crippen LogP) is 0.688. The summed E-state index contributed by atoms with van der Waals surface area (Å²) in [5.41, 5.74) is 0. The average molecular weight is 299 g/mol. The molecule has 0 saturated heterocycles. The lowest BCUT2D eigenvalue weighted by Crippen LogP contribution is -2.33. The zero-order valence-electron chi connectivity index (χ0n) is 12.7. The van der Waals surface area contributed by atoms with Gasteiger partial charge in [-0.05, 0) is 12.1 Å². The van der Waals surface area contributed by atoms with Crippen LogP contribution < -0.4 is 14.8 Å². The summed E-state index contributed by atoms with van der Waals surface area (Å²) in [7, 11) is 3.23. The van der Waals surface area contributed by atoms with Crippen molar-refractivity contribution >= 4 is 0 Å². The van der Waals surface area contributed by atoms with E-state index in [-0.39, 0.29) is 0 Å². The lowest BCUT2D eigenvalue weighted by Gasteiger charge is -2.13. The largest absolute Gasteiger partial charge is 0.493 e. The summed E-state index contributed by atoms with van der Waals surface area (Å²) in [5.74, 6) is 1.43. The maximum absolute atomic E-state index is 9.66. The fourth-order valence-electron chi connectivity index (χ4n) is 1.66. The quantitative estimate of drug-likeness (QED) is 0.553. The normalized spacial score (nSPS) is 12.1. The highest BCUT2D eigenvalue weighted by Gasteiger charge is 2.04. The molecular weight excluding hydrogens is 274 g/mol. The van der Waals surface area contributed by atoms with E-state index in [1.54, 1.807) is 14.2 Å². The standard InChI is InChI=1S/C15H25NO5/c1-18-9-10-20-12-13(17)11-16-7-8-21-15-6-4-3-5-14(15)19-2/h3-6,13,16-17H,7-12H2,1-2H3/t13-/m0/s1. The Kier molecular flexibility index (Phi) is 9.56. The minimum atomic E-state index is -0.534. The number of aliphatic hydroxyl groups is 1. The van der Waals surface area contributed by atoms with E-state index >= 15 is 0 Å². The van der Waals surface area contributed by atoms with Crippen molar-refractivity contribution < 1.29 is 24.1 Å². The zero-order chi connectivity index (χ0) is 15.3. The number of hydrogen-bond donors (Lipinski definition) is 2. The Labute approximate surface area is 126 Å². The third-order valence-corrected chi connectivity index (χ3v) is 2.73. The van der Waals surface area contributed by atoms with Crippen LogP contribution in [0.15, 0.2) is 24.3 Å². The van der Waals surface area contributed by atoms with Gasteiger partial charge >= 0.3 is 0 Å². The van der Waals surface area contributed by atoms with Crippen LogP contribution in [0.4, 0.5) is 0 Å². The van der Waals surface area contributed by atoms with E-state index in [0.717, 1.165) is 0 Å². The second kappa shape index (κ2) is 11.3. The topological polar surface area (TPSA) is 69.2 Å². The number of hydrogen-bond acceptors (Lipinski definition) is 6. The number of methoxy groups -OCH3 is 2. The Hall–Kier alpha value is -1.34. The lowest BCUT2D eigenvalue weighted by atomic mass is 10.3. The van der Waals surface area contributed by atoms with Crippen LogP contribution in [0.5, 0.6) is 11.5 Å². The second-order valence-electron chi connectivity index (χ2n) is 4.42. The maximum atomic E-state index is 9.66. The first-order valence-corrected chi connectivity index (χ1v) is 6.99. The first kappa shape index (κ1) is 17.7. The molecule has 0 bridgehead atoms. The summed E-state index contributed by atoms with van der Waals surface area (Å²) >= 11 is 0. The van der Waals surface area contributed by atoms with E-state index in [2.05, 4.69) is 5.32 Å². The third kappa shape index (κ3) is 7.87. The van der Waals surface area contributed by atoms with Gasteiger partial charge in [-0.2, -0.15) is 0 Å². The first-order valence-electron chi connectivity index (χ1n) is 6.99. The molecule has 0 aromatic heterocycles. The first-order chi connectivity index (χ1) is 10.3. The highest BCUT2D eigenvalue weighted by Crippen LogP contribution is 2.25. The summed E-state index contributed by atoms with van der Waals surface area (Å²) in [6, 6.07) is 7.50. The molecule has 6 heteroatoms. The molecule has 6 nitrogen and oxygen atoms in total. The minimum Gasteiger partial charge on any atom is -0.493 e. The Bertz CT molecular complexity index is 375. The summed E-state index contributed by atoms with van der Waals surface area (Å²) in [6.07, 6.45) is -0.534. The van der Waals surface area contributed by atoms with Crippen LogP contribution in [0.25, 0.3) is 0 Å². The molecular formula is C15H25NO5.